The molecule has 2 rings (SSSR count). The molecule has 0 saturated carbocycles. The van der Waals surface area contributed by atoms with Crippen LogP contribution in [0.15, 0.2) is 48.8 Å². The maximum absolute atomic E-state index is 13.0. The normalized spacial score (nSPS) is 10.5. The van der Waals surface area contributed by atoms with Crippen LogP contribution in [0.5, 0.6) is 0 Å². The van der Waals surface area contributed by atoms with E-state index in [2.05, 4.69) is 27.5 Å². The van der Waals surface area contributed by atoms with E-state index in [1.165, 1.54) is 31.5 Å². The number of benzene rings is 1. The zero-order valence-corrected chi connectivity index (χ0v) is 17.2. The highest BCUT2D eigenvalue weighted by Crippen LogP contribution is 2.26. The lowest BCUT2D eigenvalue weighted by Crippen LogP contribution is -2.25. The van der Waals surface area contributed by atoms with E-state index < -0.39 is 17.0 Å². The summed E-state index contributed by atoms with van der Waals surface area (Å²) < 4.78 is 0. The number of halogens is 2. The molecule has 30 heavy (non-hydrogen) atoms. The SMILES string of the molecule is C=Cc1cc(C#N)cc(C(=O)NC)c1NC(=O)/C(=C/C(=N)Cl)Nc1ncccc1Cl. The molecule has 0 radical (unpaired) electrons. The average Bonchev–Trinajstić information content (AvgIpc) is 2.73. The lowest BCUT2D eigenvalue weighted by atomic mass is 10.0. The molecule has 0 atom stereocenters. The molecule has 4 N–H and O–H groups in total. The first-order valence-electron chi connectivity index (χ1n) is 8.38. The molecule has 152 valence electrons. The number of aromatic nitrogens is 1. The summed E-state index contributed by atoms with van der Waals surface area (Å²) in [5, 5.41) is 24.3. The number of hydrogen-bond acceptors (Lipinski definition) is 6. The second kappa shape index (κ2) is 10.2. The van der Waals surface area contributed by atoms with Gasteiger partial charge in [0.1, 0.15) is 16.7 Å². The fourth-order valence-corrected chi connectivity index (χ4v) is 2.69. The number of nitrogens with zero attached hydrogens (tertiary/aromatic N) is 2. The Kier molecular flexibility index (Phi) is 7.69. The zero-order valence-electron chi connectivity index (χ0n) is 15.7. The lowest BCUT2D eigenvalue weighted by molar-refractivity contribution is -0.112. The Morgan fingerprint density at radius 3 is 2.63 bits per heavy atom. The number of carbonyl (C=O) groups is 2. The topological polar surface area (TPSA) is 131 Å². The van der Waals surface area contributed by atoms with Crippen LogP contribution in [0, 0.1) is 16.7 Å². The summed E-state index contributed by atoms with van der Waals surface area (Å²) in [6, 6.07) is 7.96. The number of rotatable bonds is 7. The number of nitrogens with one attached hydrogen (secondary N) is 4. The summed E-state index contributed by atoms with van der Waals surface area (Å²) in [7, 11) is 1.42. The van der Waals surface area contributed by atoms with Crippen molar-refractivity contribution >= 4 is 57.8 Å². The maximum atomic E-state index is 13.0. The molecule has 0 aliphatic heterocycles. The second-order valence-corrected chi connectivity index (χ2v) is 6.52. The largest absolute Gasteiger partial charge is 0.355 e. The van der Waals surface area contributed by atoms with Gasteiger partial charge in [-0.15, -0.1) is 0 Å². The molecule has 1 aromatic heterocycles. The van der Waals surface area contributed by atoms with Crippen LogP contribution in [0.25, 0.3) is 6.08 Å². The molecule has 0 saturated heterocycles. The first-order chi connectivity index (χ1) is 14.3. The van der Waals surface area contributed by atoms with E-state index in [-0.39, 0.29) is 33.4 Å². The quantitative estimate of drug-likeness (QED) is 0.382. The van der Waals surface area contributed by atoms with Crippen LogP contribution in [0.4, 0.5) is 11.5 Å². The highest BCUT2D eigenvalue weighted by Gasteiger charge is 2.20. The molecule has 0 bridgehead atoms. The van der Waals surface area contributed by atoms with Crippen molar-refractivity contribution in [1.29, 1.82) is 10.7 Å². The molecule has 0 fully saturated rings. The minimum absolute atomic E-state index is 0.0657. The Balaban J connectivity index is 2.50. The predicted molar refractivity (Wildman–Crippen MR) is 118 cm³/mol. The van der Waals surface area contributed by atoms with Gasteiger partial charge >= 0.3 is 0 Å². The Labute approximate surface area is 182 Å². The van der Waals surface area contributed by atoms with Gasteiger partial charge in [0, 0.05) is 19.3 Å². The molecule has 2 aromatic rings. The third kappa shape index (κ3) is 5.44. The minimum atomic E-state index is -0.722. The van der Waals surface area contributed by atoms with Gasteiger partial charge < -0.3 is 16.0 Å². The molecule has 0 aliphatic carbocycles. The summed E-state index contributed by atoms with van der Waals surface area (Å²) in [6.45, 7) is 3.67. The molecular weight excluding hydrogens is 427 g/mol. The van der Waals surface area contributed by atoms with E-state index in [9.17, 15) is 14.9 Å². The number of amides is 2. The van der Waals surface area contributed by atoms with E-state index in [1.54, 1.807) is 12.1 Å². The van der Waals surface area contributed by atoms with E-state index in [0.29, 0.717) is 5.56 Å². The van der Waals surface area contributed by atoms with Gasteiger partial charge in [-0.1, -0.05) is 35.9 Å². The van der Waals surface area contributed by atoms with Gasteiger partial charge in [0.05, 0.1) is 27.9 Å². The third-order valence-corrected chi connectivity index (χ3v) is 4.17. The van der Waals surface area contributed by atoms with E-state index in [1.807, 2.05) is 6.07 Å². The number of anilines is 2. The number of nitriles is 1. The Morgan fingerprint density at radius 2 is 2.07 bits per heavy atom. The van der Waals surface area contributed by atoms with Gasteiger partial charge in [0.15, 0.2) is 0 Å². The average molecular weight is 443 g/mol. The van der Waals surface area contributed by atoms with Crippen molar-refractivity contribution in [3.63, 3.8) is 0 Å². The van der Waals surface area contributed by atoms with Gasteiger partial charge in [0.2, 0.25) is 0 Å². The van der Waals surface area contributed by atoms with Crippen molar-refractivity contribution in [1.82, 2.24) is 10.3 Å². The van der Waals surface area contributed by atoms with Gasteiger partial charge in [-0.3, -0.25) is 15.0 Å². The molecule has 8 nitrogen and oxygen atoms in total. The van der Waals surface area contributed by atoms with Gasteiger partial charge in [-0.2, -0.15) is 5.26 Å². The highest BCUT2D eigenvalue weighted by molar-refractivity contribution is 6.67. The van der Waals surface area contributed by atoms with Crippen LogP contribution < -0.4 is 16.0 Å². The van der Waals surface area contributed by atoms with Crippen LogP contribution in [0.1, 0.15) is 21.5 Å². The molecule has 1 heterocycles. The van der Waals surface area contributed by atoms with Crippen molar-refractivity contribution in [2.75, 3.05) is 17.7 Å². The predicted octanol–water partition coefficient (Wildman–Crippen LogP) is 3.76. The molecule has 1 aromatic carbocycles. The maximum Gasteiger partial charge on any atom is 0.272 e. The van der Waals surface area contributed by atoms with Gasteiger partial charge in [-0.25, -0.2) is 4.98 Å². The lowest BCUT2D eigenvalue weighted by Gasteiger charge is -2.16. The van der Waals surface area contributed by atoms with Crippen LogP contribution >= 0.6 is 23.2 Å². The first kappa shape index (κ1) is 22.6. The fourth-order valence-electron chi connectivity index (χ4n) is 2.41. The molecule has 0 spiro atoms. The van der Waals surface area contributed by atoms with Crippen molar-refractivity contribution in [2.24, 2.45) is 0 Å². The van der Waals surface area contributed by atoms with Crippen LogP contribution in [-0.2, 0) is 4.79 Å². The Hall–Kier alpha value is -3.67. The van der Waals surface area contributed by atoms with Crippen molar-refractivity contribution < 1.29 is 9.59 Å². The standard InChI is InChI=1S/C20H16Cl2N6O2/c1-3-12-7-11(10-23)8-13(19(29)25-2)17(12)28-20(30)15(9-16(22)24)27-18-14(21)5-4-6-26-18/h3-9,24H,1H2,2H3,(H,25,29)(H,26,27)(H,28,30)/b15-9-,24-16?. The van der Waals surface area contributed by atoms with Crippen molar-refractivity contribution in [3.8, 4) is 6.07 Å². The smallest absolute Gasteiger partial charge is 0.272 e. The minimum Gasteiger partial charge on any atom is -0.355 e. The van der Waals surface area contributed by atoms with Crippen LogP contribution in [0.2, 0.25) is 5.02 Å². The Bertz CT molecular complexity index is 1100. The summed E-state index contributed by atoms with van der Waals surface area (Å²) in [5.41, 5.74) is 0.637. The summed E-state index contributed by atoms with van der Waals surface area (Å²) in [4.78, 5) is 29.3. The fraction of sp³-hybridized carbons (Fsp3) is 0.0500. The Morgan fingerprint density at radius 1 is 1.33 bits per heavy atom. The van der Waals surface area contributed by atoms with Crippen molar-refractivity contribution in [3.05, 3.63) is 70.5 Å². The molecule has 0 unspecified atom stereocenters. The molecule has 0 aliphatic rings. The number of hydrogen-bond donors (Lipinski definition) is 4. The first-order valence-corrected chi connectivity index (χ1v) is 9.13. The molecule has 2 amide bonds. The van der Waals surface area contributed by atoms with E-state index in [4.69, 9.17) is 28.6 Å². The number of allylic oxidation sites excluding steroid dienone is 1. The molecular formula is C20H16Cl2N6O2. The van der Waals surface area contributed by atoms with Crippen molar-refractivity contribution in [2.45, 2.75) is 0 Å². The second-order valence-electron chi connectivity index (χ2n) is 5.70. The monoisotopic (exact) mass is 442 g/mol. The van der Waals surface area contributed by atoms with E-state index >= 15 is 0 Å². The van der Waals surface area contributed by atoms with Crippen LogP contribution in [-0.4, -0.2) is 29.0 Å². The van der Waals surface area contributed by atoms with Crippen LogP contribution in [0.3, 0.4) is 0 Å². The summed E-state index contributed by atoms with van der Waals surface area (Å²) in [6.07, 6.45) is 3.94. The third-order valence-electron chi connectivity index (χ3n) is 3.76. The zero-order chi connectivity index (χ0) is 22.3. The van der Waals surface area contributed by atoms with Gasteiger partial charge in [-0.05, 0) is 29.8 Å². The number of pyridine rings is 1. The van der Waals surface area contributed by atoms with E-state index in [0.717, 1.165) is 6.08 Å². The summed E-state index contributed by atoms with van der Waals surface area (Å²) in [5.74, 6) is -1.06. The highest BCUT2D eigenvalue weighted by atomic mass is 35.5. The number of carbonyl (C=O) groups excluding carboxylic acids is 2. The van der Waals surface area contributed by atoms with Gasteiger partial charge in [0.25, 0.3) is 11.8 Å². The molecule has 10 heteroatoms. The summed E-state index contributed by atoms with van der Waals surface area (Å²) >= 11 is 11.7.